The Hall–Kier alpha value is -3.13. The van der Waals surface area contributed by atoms with Gasteiger partial charge in [-0.25, -0.2) is 0 Å². The van der Waals surface area contributed by atoms with Gasteiger partial charge in [-0.3, -0.25) is 19.2 Å². The second-order valence-corrected chi connectivity index (χ2v) is 7.82. The van der Waals surface area contributed by atoms with Gasteiger partial charge in [0.1, 0.15) is 11.5 Å². The fourth-order valence-corrected chi connectivity index (χ4v) is 4.32. The monoisotopic (exact) mass is 424 g/mol. The number of fused-ring (bicyclic) bond motifs is 1. The van der Waals surface area contributed by atoms with Crippen molar-refractivity contribution in [2.75, 3.05) is 46.4 Å². The quantitative estimate of drug-likeness (QED) is 0.660. The lowest BCUT2D eigenvalue weighted by molar-refractivity contribution is 0.0777. The van der Waals surface area contributed by atoms with Crippen LogP contribution in [0, 0.1) is 0 Å². The van der Waals surface area contributed by atoms with Gasteiger partial charge in [0.15, 0.2) is 5.69 Å². The first-order valence-electron chi connectivity index (χ1n) is 10.5. The summed E-state index contributed by atoms with van der Waals surface area (Å²) in [6.07, 6.45) is 6.87. The van der Waals surface area contributed by atoms with Crippen molar-refractivity contribution >= 4 is 11.8 Å². The van der Waals surface area contributed by atoms with E-state index in [0.717, 1.165) is 49.8 Å². The summed E-state index contributed by atoms with van der Waals surface area (Å²) < 4.78 is 7.10. The molecule has 0 bridgehead atoms. The first kappa shape index (κ1) is 21.1. The predicted molar refractivity (Wildman–Crippen MR) is 115 cm³/mol. The summed E-state index contributed by atoms with van der Waals surface area (Å²) in [4.78, 5) is 29.0. The van der Waals surface area contributed by atoms with Crippen LogP contribution in [0.1, 0.15) is 33.0 Å². The standard InChI is InChI=1S/C22H28N6O3/c1-26-20-17(19(25-26)21(23)29)8-11-28(22(20)30)16-5-3-4-15(18(31-2)7-6-16)14-27-12-9-24-10-13-27/h3,5,7,24H,6,8-14H2,1-2H3,(H2,23,29)/b16-5+,18-7+. The zero-order valence-corrected chi connectivity index (χ0v) is 18.0. The number of piperazine rings is 1. The molecule has 0 saturated carbocycles. The SMILES string of the molecule is CO/C1=C/C/C(N2CCc3c(C(N)=O)nn(C)c3C2=O)=C\C=C=C1CN1CCNCC1. The number of methoxy groups -OCH3 is 1. The Labute approximate surface area is 181 Å². The minimum Gasteiger partial charge on any atom is -0.496 e. The molecule has 0 atom stereocenters. The van der Waals surface area contributed by atoms with E-state index in [1.165, 1.54) is 4.68 Å². The molecule has 1 aromatic heterocycles. The average molecular weight is 425 g/mol. The molecule has 0 aromatic carbocycles. The Morgan fingerprint density at radius 1 is 1.32 bits per heavy atom. The molecule has 2 amide bonds. The molecule has 3 aliphatic rings. The van der Waals surface area contributed by atoms with Crippen LogP contribution in [-0.4, -0.2) is 77.8 Å². The second-order valence-electron chi connectivity index (χ2n) is 7.82. The van der Waals surface area contributed by atoms with E-state index < -0.39 is 5.91 Å². The fraction of sp³-hybridized carbons (Fsp3) is 0.455. The van der Waals surface area contributed by atoms with Crippen LogP contribution in [0.5, 0.6) is 0 Å². The summed E-state index contributed by atoms with van der Waals surface area (Å²) in [6, 6.07) is 0. The molecule has 1 aliphatic carbocycles. The maximum Gasteiger partial charge on any atom is 0.276 e. The van der Waals surface area contributed by atoms with Crippen molar-refractivity contribution in [2.24, 2.45) is 12.8 Å². The Bertz CT molecular complexity index is 1020. The number of amides is 2. The predicted octanol–water partition coefficient (Wildman–Crippen LogP) is 0.322. The number of hydrogen-bond donors (Lipinski definition) is 2. The van der Waals surface area contributed by atoms with Crippen molar-refractivity contribution in [3.8, 4) is 0 Å². The number of nitrogens with one attached hydrogen (secondary N) is 1. The van der Waals surface area contributed by atoms with Gasteiger partial charge in [-0.05, 0) is 24.6 Å². The van der Waals surface area contributed by atoms with E-state index >= 15 is 0 Å². The summed E-state index contributed by atoms with van der Waals surface area (Å²) in [5.74, 6) is -0.00976. The smallest absolute Gasteiger partial charge is 0.276 e. The van der Waals surface area contributed by atoms with Crippen molar-refractivity contribution in [2.45, 2.75) is 12.8 Å². The van der Waals surface area contributed by atoms with Crippen LogP contribution in [0.25, 0.3) is 0 Å². The molecule has 3 N–H and O–H groups in total. The molecule has 1 fully saturated rings. The molecule has 31 heavy (non-hydrogen) atoms. The van der Waals surface area contributed by atoms with E-state index in [1.807, 2.05) is 18.2 Å². The molecule has 3 heterocycles. The van der Waals surface area contributed by atoms with Gasteiger partial charge in [0.25, 0.3) is 11.8 Å². The third-order valence-corrected chi connectivity index (χ3v) is 5.90. The normalized spacial score (nSPS) is 23.1. The van der Waals surface area contributed by atoms with Crippen molar-refractivity contribution in [3.63, 3.8) is 0 Å². The van der Waals surface area contributed by atoms with Gasteiger partial charge >= 0.3 is 0 Å². The van der Waals surface area contributed by atoms with Crippen LogP contribution in [0.15, 0.2) is 41.0 Å². The third kappa shape index (κ3) is 4.20. The van der Waals surface area contributed by atoms with Crippen LogP contribution in [0.2, 0.25) is 0 Å². The number of carbonyl (C=O) groups is 2. The number of nitrogens with zero attached hydrogens (tertiary/aromatic N) is 4. The number of rotatable bonds is 5. The first-order chi connectivity index (χ1) is 15.0. The lowest BCUT2D eigenvalue weighted by Crippen LogP contribution is -2.44. The summed E-state index contributed by atoms with van der Waals surface area (Å²) in [7, 11) is 3.32. The van der Waals surface area contributed by atoms with Crippen LogP contribution >= 0.6 is 0 Å². The molecule has 9 heteroatoms. The van der Waals surface area contributed by atoms with Gasteiger partial charge in [0.2, 0.25) is 0 Å². The van der Waals surface area contributed by atoms with Gasteiger partial charge in [0.05, 0.1) is 7.11 Å². The highest BCUT2D eigenvalue weighted by molar-refractivity contribution is 6.01. The molecule has 164 valence electrons. The van der Waals surface area contributed by atoms with Crippen molar-refractivity contribution < 1.29 is 14.3 Å². The number of aromatic nitrogens is 2. The Balaban J connectivity index is 1.60. The highest BCUT2D eigenvalue weighted by Gasteiger charge is 2.33. The minimum absolute atomic E-state index is 0.179. The van der Waals surface area contributed by atoms with Gasteiger partial charge in [-0.1, -0.05) is 0 Å². The Kier molecular flexibility index (Phi) is 6.08. The minimum atomic E-state index is -0.610. The highest BCUT2D eigenvalue weighted by atomic mass is 16.5. The molecule has 9 nitrogen and oxygen atoms in total. The number of aryl methyl sites for hydroxylation is 1. The van der Waals surface area contributed by atoms with E-state index in [9.17, 15) is 9.59 Å². The van der Waals surface area contributed by atoms with Gasteiger partial charge in [-0.15, -0.1) is 5.73 Å². The molecular formula is C22H28N6O3. The van der Waals surface area contributed by atoms with Gasteiger partial charge in [-0.2, -0.15) is 5.10 Å². The zero-order chi connectivity index (χ0) is 22.0. The number of nitrogens with two attached hydrogens (primary N) is 1. The number of primary amides is 1. The van der Waals surface area contributed by atoms with Crippen LogP contribution in [0.3, 0.4) is 0 Å². The van der Waals surface area contributed by atoms with Crippen LogP contribution in [-0.2, 0) is 18.2 Å². The van der Waals surface area contributed by atoms with Crippen LogP contribution < -0.4 is 11.1 Å². The first-order valence-corrected chi connectivity index (χ1v) is 10.5. The molecule has 0 radical (unpaired) electrons. The number of ether oxygens (including phenoxy) is 1. The van der Waals surface area contributed by atoms with Crippen molar-refractivity contribution in [3.05, 3.63) is 57.9 Å². The lowest BCUT2D eigenvalue weighted by Gasteiger charge is -2.30. The topological polar surface area (TPSA) is 106 Å². The van der Waals surface area contributed by atoms with E-state index in [1.54, 1.807) is 19.1 Å². The van der Waals surface area contributed by atoms with Gasteiger partial charge in [0, 0.05) is 69.6 Å². The third-order valence-electron chi connectivity index (χ3n) is 5.90. The lowest BCUT2D eigenvalue weighted by atomic mass is 10.0. The van der Waals surface area contributed by atoms with Crippen LogP contribution in [0.4, 0.5) is 0 Å². The number of carbonyl (C=O) groups excluding carboxylic acids is 2. The Morgan fingerprint density at radius 3 is 2.81 bits per heavy atom. The molecule has 1 saturated heterocycles. The average Bonchev–Trinajstić information content (AvgIpc) is 3.09. The second kappa shape index (κ2) is 8.93. The zero-order valence-electron chi connectivity index (χ0n) is 18.0. The number of allylic oxidation sites excluding steroid dienone is 2. The largest absolute Gasteiger partial charge is 0.496 e. The fourth-order valence-electron chi connectivity index (χ4n) is 4.32. The maximum absolute atomic E-state index is 13.2. The van der Waals surface area contributed by atoms with Crippen molar-refractivity contribution in [1.29, 1.82) is 0 Å². The highest BCUT2D eigenvalue weighted by Crippen LogP contribution is 2.27. The summed E-state index contributed by atoms with van der Waals surface area (Å²) in [6.45, 7) is 5.19. The van der Waals surface area contributed by atoms with E-state index in [0.29, 0.717) is 30.6 Å². The molecule has 0 unspecified atom stereocenters. The van der Waals surface area contributed by atoms with E-state index in [-0.39, 0.29) is 11.6 Å². The summed E-state index contributed by atoms with van der Waals surface area (Å²) in [5, 5.41) is 7.52. The molecule has 1 aromatic rings. The molecular weight excluding hydrogens is 396 g/mol. The van der Waals surface area contributed by atoms with Gasteiger partial charge < -0.3 is 20.7 Å². The summed E-state index contributed by atoms with van der Waals surface area (Å²) in [5.41, 5.74) is 11.8. The van der Waals surface area contributed by atoms with Crippen molar-refractivity contribution in [1.82, 2.24) is 24.9 Å². The Morgan fingerprint density at radius 2 is 2.10 bits per heavy atom. The molecule has 4 rings (SSSR count). The maximum atomic E-state index is 13.2. The summed E-state index contributed by atoms with van der Waals surface area (Å²) >= 11 is 0. The van der Waals surface area contributed by atoms with E-state index in [2.05, 4.69) is 21.0 Å². The molecule has 2 aliphatic heterocycles. The number of hydrogen-bond acceptors (Lipinski definition) is 6. The molecule has 0 spiro atoms. The van der Waals surface area contributed by atoms with E-state index in [4.69, 9.17) is 10.5 Å².